The number of pyridine rings is 1. The van der Waals surface area contributed by atoms with Crippen LogP contribution in [0.15, 0.2) is 22.1 Å². The quantitative estimate of drug-likeness (QED) is 0.681. The Balaban J connectivity index is 3.13. The van der Waals surface area contributed by atoms with Gasteiger partial charge in [-0.1, -0.05) is 0 Å². The molecule has 1 aromatic rings. The summed E-state index contributed by atoms with van der Waals surface area (Å²) in [7, 11) is 0. The van der Waals surface area contributed by atoms with Crippen molar-refractivity contribution in [2.24, 2.45) is 0 Å². The maximum absolute atomic E-state index is 8.68. The molecule has 0 aliphatic carbocycles. The molecule has 0 amide bonds. The van der Waals surface area contributed by atoms with Crippen LogP contribution in [-0.4, -0.2) is 17.5 Å². The Hall–Kier alpha value is -0.660. The Morgan fingerprint density at radius 1 is 1.42 bits per heavy atom. The average molecular weight is 196 g/mol. The van der Waals surface area contributed by atoms with Crippen molar-refractivity contribution in [1.29, 1.82) is 5.26 Å². The molecule has 0 aliphatic heterocycles. The third-order valence-corrected chi connectivity index (χ3v) is 2.83. The molecule has 2 nitrogen and oxygen atoms in total. The molecule has 0 saturated heterocycles. The minimum Gasteiger partial charge on any atom is -0.243 e. The average Bonchev–Trinajstić information content (AvgIpc) is 2.16. The predicted molar refractivity (Wildman–Crippen MR) is 52.5 cm³/mol. The molecule has 0 fully saturated rings. The van der Waals surface area contributed by atoms with Gasteiger partial charge in [0.2, 0.25) is 0 Å². The fourth-order valence-electron chi connectivity index (χ4n) is 0.778. The van der Waals surface area contributed by atoms with Gasteiger partial charge in [-0.3, -0.25) is 0 Å². The minimum absolute atomic E-state index is 0.514. The normalized spacial score (nSPS) is 9.42. The fourth-order valence-corrected chi connectivity index (χ4v) is 1.78. The van der Waals surface area contributed by atoms with E-state index < -0.39 is 0 Å². The van der Waals surface area contributed by atoms with E-state index in [1.807, 2.05) is 18.6 Å². The van der Waals surface area contributed by atoms with Crippen LogP contribution in [0.1, 0.15) is 5.69 Å². The highest BCUT2D eigenvalue weighted by Gasteiger charge is 2.02. The molecule has 1 aromatic heterocycles. The van der Waals surface area contributed by atoms with Crippen molar-refractivity contribution >= 4 is 23.5 Å². The maximum atomic E-state index is 8.68. The molecule has 0 unspecified atom stereocenters. The van der Waals surface area contributed by atoms with Crippen LogP contribution >= 0.6 is 23.5 Å². The Kier molecular flexibility index (Phi) is 3.45. The van der Waals surface area contributed by atoms with Gasteiger partial charge in [-0.2, -0.15) is 5.26 Å². The SMILES string of the molecule is CSc1cnc(C#N)c(SC)c1. The Morgan fingerprint density at radius 3 is 2.67 bits per heavy atom. The molecule has 0 atom stereocenters. The molecule has 4 heteroatoms. The van der Waals surface area contributed by atoms with Crippen LogP contribution in [0.5, 0.6) is 0 Å². The van der Waals surface area contributed by atoms with Crippen LogP contribution < -0.4 is 0 Å². The molecule has 0 saturated carbocycles. The summed E-state index contributed by atoms with van der Waals surface area (Å²) >= 11 is 3.18. The van der Waals surface area contributed by atoms with Crippen LogP contribution in [0, 0.1) is 11.3 Å². The summed E-state index contributed by atoms with van der Waals surface area (Å²) in [4.78, 5) is 6.08. The molecule has 0 bridgehead atoms. The first kappa shape index (κ1) is 9.43. The first-order valence-electron chi connectivity index (χ1n) is 3.30. The van der Waals surface area contributed by atoms with Crippen molar-refractivity contribution in [1.82, 2.24) is 4.98 Å². The highest BCUT2D eigenvalue weighted by Crippen LogP contribution is 2.23. The van der Waals surface area contributed by atoms with Crippen LogP contribution in [0.2, 0.25) is 0 Å². The van der Waals surface area contributed by atoms with E-state index in [2.05, 4.69) is 11.1 Å². The lowest BCUT2D eigenvalue weighted by Gasteiger charge is -2.00. The summed E-state index contributed by atoms with van der Waals surface area (Å²) in [6.45, 7) is 0. The lowest BCUT2D eigenvalue weighted by Crippen LogP contribution is -1.86. The number of aromatic nitrogens is 1. The van der Waals surface area contributed by atoms with E-state index >= 15 is 0 Å². The summed E-state index contributed by atoms with van der Waals surface area (Å²) in [6, 6.07) is 4.04. The van der Waals surface area contributed by atoms with Crippen molar-refractivity contribution in [2.75, 3.05) is 12.5 Å². The number of hydrogen-bond donors (Lipinski definition) is 0. The first-order chi connectivity index (χ1) is 5.81. The largest absolute Gasteiger partial charge is 0.243 e. The molecular formula is C8H8N2S2. The van der Waals surface area contributed by atoms with Gasteiger partial charge in [-0.05, 0) is 18.6 Å². The van der Waals surface area contributed by atoms with Gasteiger partial charge in [-0.15, -0.1) is 23.5 Å². The molecule has 0 aliphatic rings. The van der Waals surface area contributed by atoms with Crippen LogP contribution in [0.3, 0.4) is 0 Å². The van der Waals surface area contributed by atoms with E-state index in [1.54, 1.807) is 29.7 Å². The van der Waals surface area contributed by atoms with Crippen molar-refractivity contribution in [3.63, 3.8) is 0 Å². The zero-order valence-electron chi connectivity index (χ0n) is 6.87. The maximum Gasteiger partial charge on any atom is 0.154 e. The van der Waals surface area contributed by atoms with Gasteiger partial charge in [0.15, 0.2) is 5.69 Å². The zero-order chi connectivity index (χ0) is 8.97. The van der Waals surface area contributed by atoms with Gasteiger partial charge >= 0.3 is 0 Å². The molecule has 0 aromatic carbocycles. The van der Waals surface area contributed by atoms with Crippen LogP contribution in [-0.2, 0) is 0 Å². The van der Waals surface area contributed by atoms with Gasteiger partial charge in [0.25, 0.3) is 0 Å². The molecule has 0 spiro atoms. The van der Waals surface area contributed by atoms with Crippen molar-refractivity contribution < 1.29 is 0 Å². The molecule has 1 rings (SSSR count). The summed E-state index contributed by atoms with van der Waals surface area (Å²) < 4.78 is 0. The number of thioether (sulfide) groups is 2. The molecule has 12 heavy (non-hydrogen) atoms. The predicted octanol–water partition coefficient (Wildman–Crippen LogP) is 2.40. The smallest absolute Gasteiger partial charge is 0.154 e. The highest BCUT2D eigenvalue weighted by molar-refractivity contribution is 7.99. The standard InChI is InChI=1S/C8H8N2S2/c1-11-6-3-8(12-2)7(4-9)10-5-6/h3,5H,1-2H3. The summed E-state index contributed by atoms with van der Waals surface area (Å²) in [6.07, 6.45) is 5.66. The van der Waals surface area contributed by atoms with Gasteiger partial charge in [-0.25, -0.2) is 4.98 Å². The molecular weight excluding hydrogens is 188 g/mol. The minimum atomic E-state index is 0.514. The number of nitriles is 1. The van der Waals surface area contributed by atoms with Gasteiger partial charge in [0, 0.05) is 16.0 Å². The summed E-state index contributed by atoms with van der Waals surface area (Å²) in [5, 5.41) is 8.68. The van der Waals surface area contributed by atoms with Crippen LogP contribution in [0.25, 0.3) is 0 Å². The van der Waals surface area contributed by atoms with E-state index in [1.165, 1.54) is 0 Å². The molecule has 62 valence electrons. The van der Waals surface area contributed by atoms with E-state index in [4.69, 9.17) is 5.26 Å². The van der Waals surface area contributed by atoms with E-state index in [0.717, 1.165) is 9.79 Å². The van der Waals surface area contributed by atoms with E-state index in [9.17, 15) is 0 Å². The number of hydrogen-bond acceptors (Lipinski definition) is 4. The lowest BCUT2D eigenvalue weighted by molar-refractivity contribution is 1.12. The third kappa shape index (κ3) is 1.93. The van der Waals surface area contributed by atoms with Gasteiger partial charge in [0.05, 0.1) is 0 Å². The lowest BCUT2D eigenvalue weighted by atomic mass is 10.4. The second-order valence-electron chi connectivity index (χ2n) is 2.04. The Bertz CT molecular complexity index is 317. The van der Waals surface area contributed by atoms with Crippen molar-refractivity contribution in [2.45, 2.75) is 9.79 Å². The van der Waals surface area contributed by atoms with Crippen molar-refractivity contribution in [3.05, 3.63) is 18.0 Å². The Morgan fingerprint density at radius 2 is 2.17 bits per heavy atom. The third-order valence-electron chi connectivity index (χ3n) is 1.39. The van der Waals surface area contributed by atoms with E-state index in [0.29, 0.717) is 5.69 Å². The molecule has 0 radical (unpaired) electrons. The summed E-state index contributed by atoms with van der Waals surface area (Å²) in [5.74, 6) is 0. The van der Waals surface area contributed by atoms with Crippen molar-refractivity contribution in [3.8, 4) is 6.07 Å². The Labute approximate surface area is 80.4 Å². The molecule has 1 heterocycles. The topological polar surface area (TPSA) is 36.7 Å². The second-order valence-corrected chi connectivity index (χ2v) is 3.77. The first-order valence-corrected chi connectivity index (χ1v) is 5.75. The highest BCUT2D eigenvalue weighted by atomic mass is 32.2. The van der Waals surface area contributed by atoms with Gasteiger partial charge in [0.1, 0.15) is 6.07 Å². The zero-order valence-corrected chi connectivity index (χ0v) is 8.50. The second kappa shape index (κ2) is 4.39. The van der Waals surface area contributed by atoms with E-state index in [-0.39, 0.29) is 0 Å². The van der Waals surface area contributed by atoms with Crippen LogP contribution in [0.4, 0.5) is 0 Å². The monoisotopic (exact) mass is 196 g/mol. The fraction of sp³-hybridized carbons (Fsp3) is 0.250. The van der Waals surface area contributed by atoms with Gasteiger partial charge < -0.3 is 0 Å². The molecule has 0 N–H and O–H groups in total. The number of nitrogens with zero attached hydrogens (tertiary/aromatic N) is 2. The number of rotatable bonds is 2. The summed E-state index contributed by atoms with van der Waals surface area (Å²) in [5.41, 5.74) is 0.514.